The smallest absolute Gasteiger partial charge is 0.306 e. The number of carbonyl (C=O) groups is 1. The predicted molar refractivity (Wildman–Crippen MR) is 73.9 cm³/mol. The molecule has 3 nitrogen and oxygen atoms in total. The van der Waals surface area contributed by atoms with Crippen LogP contribution in [0.2, 0.25) is 0 Å². The molecular formula is C15H23NO2. The summed E-state index contributed by atoms with van der Waals surface area (Å²) in [7, 11) is 1.88. The largest absolute Gasteiger partial charge is 0.481 e. The first-order valence-corrected chi connectivity index (χ1v) is 6.35. The van der Waals surface area contributed by atoms with Crippen LogP contribution in [0.25, 0.3) is 0 Å². The summed E-state index contributed by atoms with van der Waals surface area (Å²) in [5.74, 6) is -1.08. The van der Waals surface area contributed by atoms with E-state index in [1.165, 1.54) is 22.3 Å². The van der Waals surface area contributed by atoms with E-state index in [1.54, 1.807) is 6.92 Å². The summed E-state index contributed by atoms with van der Waals surface area (Å²) < 4.78 is 0. The number of hydrogen-bond donors (Lipinski definition) is 2. The van der Waals surface area contributed by atoms with Gasteiger partial charge in [-0.1, -0.05) is 19.1 Å². The molecule has 0 radical (unpaired) electrons. The summed E-state index contributed by atoms with van der Waals surface area (Å²) in [6, 6.07) is 4.30. The number of benzene rings is 1. The average molecular weight is 249 g/mol. The van der Waals surface area contributed by atoms with Crippen LogP contribution < -0.4 is 5.32 Å². The van der Waals surface area contributed by atoms with Gasteiger partial charge in [0.25, 0.3) is 0 Å². The molecule has 0 amide bonds. The number of carboxylic acid groups (broad SMARTS) is 1. The van der Waals surface area contributed by atoms with Gasteiger partial charge in [-0.15, -0.1) is 0 Å². The second-order valence-electron chi connectivity index (χ2n) is 5.04. The van der Waals surface area contributed by atoms with E-state index >= 15 is 0 Å². The van der Waals surface area contributed by atoms with Crippen molar-refractivity contribution in [2.75, 3.05) is 7.05 Å². The van der Waals surface area contributed by atoms with Crippen LogP contribution in [0.1, 0.15) is 41.6 Å². The maximum Gasteiger partial charge on any atom is 0.306 e. The third-order valence-corrected chi connectivity index (χ3v) is 3.83. The zero-order valence-corrected chi connectivity index (χ0v) is 11.9. The molecule has 0 bridgehead atoms. The first-order valence-electron chi connectivity index (χ1n) is 6.35. The van der Waals surface area contributed by atoms with E-state index in [0.29, 0.717) is 6.42 Å². The number of carboxylic acids is 1. The second kappa shape index (κ2) is 6.01. The van der Waals surface area contributed by atoms with Gasteiger partial charge >= 0.3 is 5.97 Å². The number of rotatable bonds is 5. The Morgan fingerprint density at radius 2 is 1.89 bits per heavy atom. The standard InChI is InChI=1S/C15H23NO2/c1-9-6-7-13(12(4)11(9)3)14(16-5)8-10(2)15(17)18/h6-7,10,14,16H,8H2,1-5H3,(H,17,18). The van der Waals surface area contributed by atoms with E-state index in [0.717, 1.165) is 0 Å². The first kappa shape index (κ1) is 14.7. The Labute approximate surface area is 109 Å². The van der Waals surface area contributed by atoms with E-state index in [1.807, 2.05) is 7.05 Å². The van der Waals surface area contributed by atoms with Gasteiger partial charge in [0.2, 0.25) is 0 Å². The third kappa shape index (κ3) is 3.10. The van der Waals surface area contributed by atoms with Crippen LogP contribution >= 0.6 is 0 Å². The van der Waals surface area contributed by atoms with Crippen LogP contribution in [0.5, 0.6) is 0 Å². The molecule has 0 aliphatic heterocycles. The minimum atomic E-state index is -0.739. The van der Waals surface area contributed by atoms with Crippen molar-refractivity contribution in [2.24, 2.45) is 5.92 Å². The molecule has 2 atom stereocenters. The van der Waals surface area contributed by atoms with Crippen LogP contribution in [0, 0.1) is 26.7 Å². The Balaban J connectivity index is 3.03. The minimum absolute atomic E-state index is 0.0930. The Hall–Kier alpha value is -1.35. The lowest BCUT2D eigenvalue weighted by molar-refractivity contribution is -0.141. The topological polar surface area (TPSA) is 49.3 Å². The predicted octanol–water partition coefficient (Wildman–Crippen LogP) is 2.98. The van der Waals surface area contributed by atoms with E-state index in [9.17, 15) is 4.79 Å². The van der Waals surface area contributed by atoms with Crippen LogP contribution in [-0.2, 0) is 4.79 Å². The molecule has 1 aromatic carbocycles. The quantitative estimate of drug-likeness (QED) is 0.843. The van der Waals surface area contributed by atoms with Crippen molar-refractivity contribution < 1.29 is 9.90 Å². The Morgan fingerprint density at radius 3 is 2.39 bits per heavy atom. The SMILES string of the molecule is CNC(CC(C)C(=O)O)c1ccc(C)c(C)c1C. The van der Waals surface area contributed by atoms with Gasteiger partial charge in [-0.25, -0.2) is 0 Å². The summed E-state index contributed by atoms with van der Waals surface area (Å²) in [5.41, 5.74) is 5.02. The maximum absolute atomic E-state index is 11.0. The molecule has 0 aliphatic rings. The number of hydrogen-bond acceptors (Lipinski definition) is 2. The van der Waals surface area contributed by atoms with Gasteiger partial charge in [0, 0.05) is 6.04 Å². The Kier molecular flexibility index (Phi) is 4.91. The van der Waals surface area contributed by atoms with Gasteiger partial charge in [0.05, 0.1) is 5.92 Å². The monoisotopic (exact) mass is 249 g/mol. The van der Waals surface area contributed by atoms with Crippen LogP contribution in [0.4, 0.5) is 0 Å². The van der Waals surface area contributed by atoms with Gasteiger partial charge in [0.1, 0.15) is 0 Å². The van der Waals surface area contributed by atoms with Gasteiger partial charge in [0.15, 0.2) is 0 Å². The fraction of sp³-hybridized carbons (Fsp3) is 0.533. The first-order chi connectivity index (χ1) is 8.38. The van der Waals surface area contributed by atoms with Crippen molar-refractivity contribution in [3.8, 4) is 0 Å². The van der Waals surface area contributed by atoms with Crippen LogP contribution in [-0.4, -0.2) is 18.1 Å². The molecule has 1 rings (SSSR count). The minimum Gasteiger partial charge on any atom is -0.481 e. The zero-order chi connectivity index (χ0) is 13.9. The molecule has 18 heavy (non-hydrogen) atoms. The third-order valence-electron chi connectivity index (χ3n) is 3.83. The Bertz CT molecular complexity index is 440. The lowest BCUT2D eigenvalue weighted by atomic mass is 9.90. The normalized spacial score (nSPS) is 14.3. The highest BCUT2D eigenvalue weighted by Gasteiger charge is 2.20. The molecule has 0 aliphatic carbocycles. The lowest BCUT2D eigenvalue weighted by Crippen LogP contribution is -2.23. The highest BCUT2D eigenvalue weighted by molar-refractivity contribution is 5.69. The number of aliphatic carboxylic acids is 1. The van der Waals surface area contributed by atoms with E-state index in [2.05, 4.69) is 38.2 Å². The highest BCUT2D eigenvalue weighted by atomic mass is 16.4. The summed E-state index contributed by atoms with van der Waals surface area (Å²) in [6.45, 7) is 8.07. The summed E-state index contributed by atoms with van der Waals surface area (Å²) in [6.07, 6.45) is 0.606. The molecule has 2 unspecified atom stereocenters. The van der Waals surface area contributed by atoms with Crippen molar-refractivity contribution in [1.82, 2.24) is 5.32 Å². The zero-order valence-electron chi connectivity index (χ0n) is 11.9. The molecule has 0 saturated carbocycles. The number of nitrogens with one attached hydrogen (secondary N) is 1. The van der Waals surface area contributed by atoms with E-state index in [4.69, 9.17) is 5.11 Å². The molecule has 0 saturated heterocycles. The molecule has 0 fully saturated rings. The summed E-state index contributed by atoms with van der Waals surface area (Å²) >= 11 is 0. The highest BCUT2D eigenvalue weighted by Crippen LogP contribution is 2.27. The van der Waals surface area contributed by atoms with E-state index in [-0.39, 0.29) is 12.0 Å². The van der Waals surface area contributed by atoms with Crippen molar-refractivity contribution >= 4 is 5.97 Å². The molecule has 0 heterocycles. The molecule has 3 heteroatoms. The Morgan fingerprint density at radius 1 is 1.28 bits per heavy atom. The van der Waals surface area contributed by atoms with Crippen LogP contribution in [0.3, 0.4) is 0 Å². The van der Waals surface area contributed by atoms with Crippen molar-refractivity contribution in [2.45, 2.75) is 40.2 Å². The molecule has 1 aromatic rings. The van der Waals surface area contributed by atoms with Crippen molar-refractivity contribution in [3.63, 3.8) is 0 Å². The van der Waals surface area contributed by atoms with E-state index < -0.39 is 5.97 Å². The fourth-order valence-electron chi connectivity index (χ4n) is 2.21. The van der Waals surface area contributed by atoms with Gasteiger partial charge < -0.3 is 10.4 Å². The second-order valence-corrected chi connectivity index (χ2v) is 5.04. The molecule has 2 N–H and O–H groups in total. The lowest BCUT2D eigenvalue weighted by Gasteiger charge is -2.22. The molecular weight excluding hydrogens is 226 g/mol. The average Bonchev–Trinajstić information content (AvgIpc) is 2.33. The summed E-state index contributed by atoms with van der Waals surface area (Å²) in [5, 5.41) is 12.2. The summed E-state index contributed by atoms with van der Waals surface area (Å²) in [4.78, 5) is 11.0. The van der Waals surface area contributed by atoms with Crippen LogP contribution in [0.15, 0.2) is 12.1 Å². The fourth-order valence-corrected chi connectivity index (χ4v) is 2.21. The number of aryl methyl sites for hydroxylation is 1. The maximum atomic E-state index is 11.0. The van der Waals surface area contributed by atoms with Crippen molar-refractivity contribution in [3.05, 3.63) is 34.4 Å². The van der Waals surface area contributed by atoms with Gasteiger partial charge in [-0.05, 0) is 56.5 Å². The molecule has 0 aromatic heterocycles. The van der Waals surface area contributed by atoms with Crippen molar-refractivity contribution in [1.29, 1.82) is 0 Å². The molecule has 100 valence electrons. The molecule has 0 spiro atoms. The van der Waals surface area contributed by atoms with Gasteiger partial charge in [-0.2, -0.15) is 0 Å². The van der Waals surface area contributed by atoms with Gasteiger partial charge in [-0.3, -0.25) is 4.79 Å².